The highest BCUT2D eigenvalue weighted by Gasteiger charge is 2.32. The van der Waals surface area contributed by atoms with Gasteiger partial charge in [0.15, 0.2) is 0 Å². The fourth-order valence-corrected chi connectivity index (χ4v) is 4.76. The lowest BCUT2D eigenvalue weighted by Crippen LogP contribution is -2.19. The minimum Gasteiger partial charge on any atom is -0.497 e. The number of oxazole rings is 1. The minimum absolute atomic E-state index is 0.0393. The Morgan fingerprint density at radius 2 is 1.68 bits per heavy atom. The van der Waals surface area contributed by atoms with Gasteiger partial charge in [-0.25, -0.2) is 8.42 Å². The zero-order valence-corrected chi connectivity index (χ0v) is 17.7. The number of sulfone groups is 1. The van der Waals surface area contributed by atoms with Crippen LogP contribution in [0, 0.1) is 0 Å². The molecule has 0 radical (unpaired) electrons. The molecule has 0 unspecified atom stereocenters. The van der Waals surface area contributed by atoms with Crippen molar-refractivity contribution in [2.24, 2.45) is 0 Å². The van der Waals surface area contributed by atoms with Crippen molar-refractivity contribution >= 4 is 31.7 Å². The van der Waals surface area contributed by atoms with Crippen LogP contribution in [0.4, 0.5) is 5.88 Å². The Morgan fingerprint density at radius 1 is 1.04 bits per heavy atom. The van der Waals surface area contributed by atoms with Gasteiger partial charge in [-0.1, -0.05) is 15.9 Å². The molecule has 2 aromatic carbocycles. The first-order chi connectivity index (χ1) is 13.5. The smallest absolute Gasteiger partial charge is 0.236 e. The monoisotopic (exact) mass is 462 g/mol. The van der Waals surface area contributed by atoms with Crippen molar-refractivity contribution < 1.29 is 17.6 Å². The zero-order chi connectivity index (χ0) is 19.7. The molecule has 6 nitrogen and oxygen atoms in total. The summed E-state index contributed by atoms with van der Waals surface area (Å²) in [7, 11) is -2.22. The van der Waals surface area contributed by atoms with Gasteiger partial charge in [0.2, 0.25) is 26.6 Å². The van der Waals surface area contributed by atoms with Gasteiger partial charge >= 0.3 is 0 Å². The maximum absolute atomic E-state index is 13.3. The predicted molar refractivity (Wildman–Crippen MR) is 110 cm³/mol. The second-order valence-electron chi connectivity index (χ2n) is 6.51. The second kappa shape index (κ2) is 7.60. The number of ether oxygens (including phenoxy) is 1. The van der Waals surface area contributed by atoms with E-state index in [1.165, 1.54) is 0 Å². The van der Waals surface area contributed by atoms with Crippen LogP contribution in [0.3, 0.4) is 0 Å². The Hall–Kier alpha value is -2.32. The Labute approximate surface area is 172 Å². The summed E-state index contributed by atoms with van der Waals surface area (Å²) < 4.78 is 38.5. The molecule has 28 heavy (non-hydrogen) atoms. The highest BCUT2D eigenvalue weighted by Crippen LogP contribution is 2.36. The Morgan fingerprint density at radius 3 is 2.29 bits per heavy atom. The van der Waals surface area contributed by atoms with Gasteiger partial charge in [-0.3, -0.25) is 0 Å². The van der Waals surface area contributed by atoms with E-state index >= 15 is 0 Å². The van der Waals surface area contributed by atoms with Crippen molar-refractivity contribution in [1.29, 1.82) is 0 Å². The van der Waals surface area contributed by atoms with E-state index in [-0.39, 0.29) is 15.8 Å². The van der Waals surface area contributed by atoms with Crippen LogP contribution in [-0.2, 0) is 9.84 Å². The maximum atomic E-state index is 13.3. The number of hydrogen-bond acceptors (Lipinski definition) is 6. The number of halogens is 1. The summed E-state index contributed by atoms with van der Waals surface area (Å²) in [5.41, 5.74) is 0.693. The molecule has 2 heterocycles. The zero-order valence-electron chi connectivity index (χ0n) is 15.3. The standard InChI is InChI=1S/C20H19BrN2O4S/c1-26-16-8-4-14(5-9-16)18-22-19(20(27-18)23-12-2-3-13-23)28(24,25)17-10-6-15(21)7-11-17/h4-11H,2-3,12-13H2,1H3. The first kappa shape index (κ1) is 19.0. The largest absolute Gasteiger partial charge is 0.497 e. The van der Waals surface area contributed by atoms with E-state index in [0.29, 0.717) is 17.2 Å². The number of anilines is 1. The molecule has 0 saturated carbocycles. The van der Waals surface area contributed by atoms with Gasteiger partial charge in [0, 0.05) is 23.1 Å². The van der Waals surface area contributed by atoms with E-state index in [4.69, 9.17) is 9.15 Å². The first-order valence-corrected chi connectivity index (χ1v) is 11.2. The molecule has 146 valence electrons. The van der Waals surface area contributed by atoms with Crippen molar-refractivity contribution in [2.45, 2.75) is 22.8 Å². The Balaban J connectivity index is 1.82. The number of aromatic nitrogens is 1. The van der Waals surface area contributed by atoms with E-state index in [0.717, 1.165) is 30.4 Å². The summed E-state index contributed by atoms with van der Waals surface area (Å²) in [5, 5.41) is -0.0393. The molecule has 0 atom stereocenters. The summed E-state index contributed by atoms with van der Waals surface area (Å²) in [4.78, 5) is 6.54. The van der Waals surface area contributed by atoms with Crippen LogP contribution in [0.25, 0.3) is 11.5 Å². The van der Waals surface area contributed by atoms with Crippen molar-refractivity contribution in [3.05, 3.63) is 53.0 Å². The Bertz CT molecular complexity index is 1070. The number of rotatable bonds is 5. The Kier molecular flexibility index (Phi) is 5.16. The van der Waals surface area contributed by atoms with Gasteiger partial charge in [0.1, 0.15) is 5.75 Å². The van der Waals surface area contributed by atoms with Gasteiger partial charge in [0.05, 0.1) is 12.0 Å². The third-order valence-corrected chi connectivity index (χ3v) is 6.88. The summed E-state index contributed by atoms with van der Waals surface area (Å²) in [6, 6.07) is 13.7. The molecule has 8 heteroatoms. The highest BCUT2D eigenvalue weighted by molar-refractivity contribution is 9.10. The molecule has 0 spiro atoms. The van der Waals surface area contributed by atoms with Gasteiger partial charge in [-0.2, -0.15) is 4.98 Å². The van der Waals surface area contributed by atoms with Crippen LogP contribution >= 0.6 is 15.9 Å². The van der Waals surface area contributed by atoms with Gasteiger partial charge in [-0.15, -0.1) is 0 Å². The van der Waals surface area contributed by atoms with E-state index < -0.39 is 9.84 Å². The lowest BCUT2D eigenvalue weighted by Gasteiger charge is -2.14. The number of methoxy groups -OCH3 is 1. The van der Waals surface area contributed by atoms with Gasteiger partial charge in [-0.05, 0) is 61.4 Å². The topological polar surface area (TPSA) is 72.6 Å². The number of nitrogens with zero attached hydrogens (tertiary/aromatic N) is 2. The third-order valence-electron chi connectivity index (χ3n) is 4.69. The number of hydrogen-bond donors (Lipinski definition) is 0. The molecule has 0 amide bonds. The molecule has 0 N–H and O–H groups in total. The SMILES string of the molecule is COc1ccc(-c2nc(S(=O)(=O)c3ccc(Br)cc3)c(N3CCCC3)o2)cc1. The lowest BCUT2D eigenvalue weighted by molar-refractivity contribution is 0.415. The summed E-state index contributed by atoms with van der Waals surface area (Å²) in [6.07, 6.45) is 1.99. The quantitative estimate of drug-likeness (QED) is 0.553. The van der Waals surface area contributed by atoms with Gasteiger partial charge < -0.3 is 14.1 Å². The summed E-state index contributed by atoms with van der Waals surface area (Å²) >= 11 is 3.34. The molecular formula is C20H19BrN2O4S. The fraction of sp³-hybridized carbons (Fsp3) is 0.250. The molecule has 3 aromatic rings. The van der Waals surface area contributed by atoms with Crippen LogP contribution in [-0.4, -0.2) is 33.6 Å². The normalized spacial score (nSPS) is 14.4. The maximum Gasteiger partial charge on any atom is 0.236 e. The van der Waals surface area contributed by atoms with Crippen LogP contribution in [0.1, 0.15) is 12.8 Å². The first-order valence-electron chi connectivity index (χ1n) is 8.90. The third kappa shape index (κ3) is 3.54. The molecule has 1 aliphatic heterocycles. The second-order valence-corrected chi connectivity index (χ2v) is 9.29. The van der Waals surface area contributed by atoms with Crippen LogP contribution in [0.15, 0.2) is 67.3 Å². The molecular weight excluding hydrogens is 444 g/mol. The van der Waals surface area contributed by atoms with E-state index in [9.17, 15) is 8.42 Å². The minimum atomic E-state index is -3.82. The fourth-order valence-electron chi connectivity index (χ4n) is 3.18. The molecule has 0 aliphatic carbocycles. The summed E-state index contributed by atoms with van der Waals surface area (Å²) in [5.74, 6) is 1.30. The highest BCUT2D eigenvalue weighted by atomic mass is 79.9. The van der Waals surface area contributed by atoms with E-state index in [1.54, 1.807) is 55.6 Å². The lowest BCUT2D eigenvalue weighted by atomic mass is 10.2. The molecule has 1 fully saturated rings. The van der Waals surface area contributed by atoms with Crippen LogP contribution < -0.4 is 9.64 Å². The average Bonchev–Trinajstić information content (AvgIpc) is 3.38. The van der Waals surface area contributed by atoms with Crippen molar-refractivity contribution in [3.63, 3.8) is 0 Å². The molecule has 1 saturated heterocycles. The van der Waals surface area contributed by atoms with Gasteiger partial charge in [0.25, 0.3) is 0 Å². The van der Waals surface area contributed by atoms with Crippen molar-refractivity contribution in [1.82, 2.24) is 4.98 Å². The molecule has 1 aromatic heterocycles. The van der Waals surface area contributed by atoms with Crippen LogP contribution in [0.2, 0.25) is 0 Å². The average molecular weight is 463 g/mol. The molecule has 1 aliphatic rings. The van der Waals surface area contributed by atoms with Crippen molar-refractivity contribution in [2.75, 3.05) is 25.1 Å². The predicted octanol–water partition coefficient (Wildman–Crippen LogP) is 4.55. The van der Waals surface area contributed by atoms with Crippen LogP contribution in [0.5, 0.6) is 5.75 Å². The summed E-state index contributed by atoms with van der Waals surface area (Å²) in [6.45, 7) is 1.50. The molecule has 4 rings (SSSR count). The van der Waals surface area contributed by atoms with Crippen molar-refractivity contribution in [3.8, 4) is 17.2 Å². The van der Waals surface area contributed by atoms with E-state index in [2.05, 4.69) is 20.9 Å². The molecule has 0 bridgehead atoms. The number of benzene rings is 2. The van der Waals surface area contributed by atoms with E-state index in [1.807, 2.05) is 4.90 Å².